The van der Waals surface area contributed by atoms with Gasteiger partial charge in [-0.05, 0) is 30.5 Å². The Morgan fingerprint density at radius 1 is 1.10 bits per heavy atom. The second kappa shape index (κ2) is 5.84. The highest BCUT2D eigenvalue weighted by atomic mass is 19.1. The van der Waals surface area contributed by atoms with E-state index < -0.39 is 0 Å². The van der Waals surface area contributed by atoms with E-state index in [4.69, 9.17) is 0 Å². The molecule has 1 aliphatic carbocycles. The molecule has 2 amide bonds. The molecule has 3 rings (SSSR count). The average Bonchev–Trinajstić information content (AvgIpc) is 3.31. The van der Waals surface area contributed by atoms with Gasteiger partial charge in [-0.2, -0.15) is 0 Å². The van der Waals surface area contributed by atoms with Gasteiger partial charge in [0, 0.05) is 32.1 Å². The van der Waals surface area contributed by atoms with Crippen LogP contribution in [0.2, 0.25) is 0 Å². The molecule has 112 valence electrons. The Morgan fingerprint density at radius 2 is 1.76 bits per heavy atom. The van der Waals surface area contributed by atoms with E-state index in [2.05, 4.69) is 0 Å². The van der Waals surface area contributed by atoms with Crippen molar-refractivity contribution in [3.63, 3.8) is 0 Å². The lowest BCUT2D eigenvalue weighted by atomic mass is 10.1. The van der Waals surface area contributed by atoms with Crippen molar-refractivity contribution in [1.82, 2.24) is 9.80 Å². The molecule has 0 atom stereocenters. The molecule has 4 nitrogen and oxygen atoms in total. The van der Waals surface area contributed by atoms with E-state index in [0.717, 1.165) is 12.8 Å². The number of halogens is 1. The van der Waals surface area contributed by atoms with Crippen molar-refractivity contribution in [3.05, 3.63) is 35.6 Å². The van der Waals surface area contributed by atoms with Gasteiger partial charge in [-0.1, -0.05) is 12.1 Å². The van der Waals surface area contributed by atoms with Crippen LogP contribution < -0.4 is 0 Å². The zero-order valence-corrected chi connectivity index (χ0v) is 11.9. The maximum absolute atomic E-state index is 13.1. The monoisotopic (exact) mass is 290 g/mol. The number of carbonyl (C=O) groups excluding carboxylic acids is 2. The summed E-state index contributed by atoms with van der Waals surface area (Å²) in [5.41, 5.74) is 0.691. The minimum Gasteiger partial charge on any atom is -0.339 e. The van der Waals surface area contributed by atoms with Gasteiger partial charge < -0.3 is 9.80 Å². The molecule has 1 aliphatic heterocycles. The highest BCUT2D eigenvalue weighted by Gasteiger charge is 2.35. The molecule has 0 N–H and O–H groups in total. The van der Waals surface area contributed by atoms with Crippen LogP contribution in [0.4, 0.5) is 4.39 Å². The van der Waals surface area contributed by atoms with Crippen molar-refractivity contribution in [2.45, 2.75) is 19.3 Å². The molecule has 1 saturated heterocycles. The van der Waals surface area contributed by atoms with Crippen molar-refractivity contribution < 1.29 is 14.0 Å². The Bertz CT molecular complexity index is 549. The third kappa shape index (κ3) is 3.40. The zero-order valence-electron chi connectivity index (χ0n) is 11.9. The predicted octanol–water partition coefficient (Wildman–Crippen LogP) is 1.45. The average molecular weight is 290 g/mol. The first-order valence-corrected chi connectivity index (χ1v) is 7.44. The highest BCUT2D eigenvalue weighted by molar-refractivity contribution is 5.82. The normalized spacial score (nSPS) is 18.7. The molecular formula is C16H19FN2O2. The number of nitrogens with zero attached hydrogens (tertiary/aromatic N) is 2. The number of benzene rings is 1. The smallest absolute Gasteiger partial charge is 0.227 e. The zero-order chi connectivity index (χ0) is 14.8. The Balaban J connectivity index is 1.51. The number of amides is 2. The van der Waals surface area contributed by atoms with Crippen molar-refractivity contribution in [2.75, 3.05) is 26.2 Å². The van der Waals surface area contributed by atoms with Crippen LogP contribution in [0.15, 0.2) is 24.3 Å². The molecule has 1 heterocycles. The lowest BCUT2D eigenvalue weighted by Crippen LogP contribution is -2.51. The van der Waals surface area contributed by atoms with Crippen molar-refractivity contribution >= 4 is 11.8 Å². The fourth-order valence-corrected chi connectivity index (χ4v) is 2.70. The molecule has 1 saturated carbocycles. The Labute approximate surface area is 123 Å². The summed E-state index contributed by atoms with van der Waals surface area (Å²) in [7, 11) is 0. The third-order valence-corrected chi connectivity index (χ3v) is 4.12. The van der Waals surface area contributed by atoms with Crippen LogP contribution in [0.3, 0.4) is 0 Å². The number of rotatable bonds is 3. The van der Waals surface area contributed by atoms with E-state index in [0.29, 0.717) is 31.7 Å². The number of hydrogen-bond acceptors (Lipinski definition) is 2. The molecule has 1 aromatic carbocycles. The molecule has 21 heavy (non-hydrogen) atoms. The topological polar surface area (TPSA) is 40.6 Å². The number of carbonyl (C=O) groups is 2. The summed E-state index contributed by atoms with van der Waals surface area (Å²) in [6, 6.07) is 6.14. The van der Waals surface area contributed by atoms with Crippen molar-refractivity contribution in [2.24, 2.45) is 5.92 Å². The van der Waals surface area contributed by atoms with Crippen molar-refractivity contribution in [1.29, 1.82) is 0 Å². The fourth-order valence-electron chi connectivity index (χ4n) is 2.70. The predicted molar refractivity (Wildman–Crippen MR) is 76.0 cm³/mol. The molecule has 5 heteroatoms. The quantitative estimate of drug-likeness (QED) is 0.845. The molecule has 0 aromatic heterocycles. The largest absolute Gasteiger partial charge is 0.339 e. The Kier molecular flexibility index (Phi) is 3.90. The van der Waals surface area contributed by atoms with Gasteiger partial charge in [0.05, 0.1) is 6.42 Å². The Morgan fingerprint density at radius 3 is 2.38 bits per heavy atom. The van der Waals surface area contributed by atoms with Gasteiger partial charge in [-0.25, -0.2) is 4.39 Å². The first-order valence-electron chi connectivity index (χ1n) is 7.44. The molecule has 2 aliphatic rings. The lowest BCUT2D eigenvalue weighted by Gasteiger charge is -2.35. The van der Waals surface area contributed by atoms with Crippen LogP contribution in [-0.2, 0) is 16.0 Å². The number of piperazine rings is 1. The van der Waals surface area contributed by atoms with Crippen LogP contribution in [-0.4, -0.2) is 47.8 Å². The Hall–Kier alpha value is -1.91. The summed E-state index contributed by atoms with van der Waals surface area (Å²) in [6.45, 7) is 2.38. The minimum absolute atomic E-state index is 0.000814. The second-order valence-electron chi connectivity index (χ2n) is 5.79. The van der Waals surface area contributed by atoms with Crippen LogP contribution in [0.1, 0.15) is 18.4 Å². The van der Waals surface area contributed by atoms with Crippen molar-refractivity contribution in [3.8, 4) is 0 Å². The summed E-state index contributed by atoms with van der Waals surface area (Å²) in [6.07, 6.45) is 2.24. The summed E-state index contributed by atoms with van der Waals surface area (Å²) in [4.78, 5) is 27.8. The summed E-state index contributed by atoms with van der Waals surface area (Å²) >= 11 is 0. The van der Waals surface area contributed by atoms with Gasteiger partial charge in [0.1, 0.15) is 5.82 Å². The van der Waals surface area contributed by atoms with E-state index in [1.807, 2.05) is 4.90 Å². The van der Waals surface area contributed by atoms with Gasteiger partial charge in [0.25, 0.3) is 0 Å². The molecule has 0 radical (unpaired) electrons. The van der Waals surface area contributed by atoms with E-state index in [1.54, 1.807) is 17.0 Å². The van der Waals surface area contributed by atoms with Crippen LogP contribution >= 0.6 is 0 Å². The maximum Gasteiger partial charge on any atom is 0.227 e. The third-order valence-electron chi connectivity index (χ3n) is 4.12. The first kappa shape index (κ1) is 14.0. The highest BCUT2D eigenvalue weighted by Crippen LogP contribution is 2.31. The maximum atomic E-state index is 13.1. The minimum atomic E-state index is -0.319. The van der Waals surface area contributed by atoms with Gasteiger partial charge in [-0.3, -0.25) is 9.59 Å². The van der Waals surface area contributed by atoms with Gasteiger partial charge in [0.2, 0.25) is 11.8 Å². The second-order valence-corrected chi connectivity index (χ2v) is 5.79. The summed E-state index contributed by atoms with van der Waals surface area (Å²) in [5.74, 6) is 0.158. The fraction of sp³-hybridized carbons (Fsp3) is 0.500. The molecule has 0 spiro atoms. The van der Waals surface area contributed by atoms with Gasteiger partial charge >= 0.3 is 0 Å². The van der Waals surface area contributed by atoms with Crippen LogP contribution in [0, 0.1) is 11.7 Å². The van der Waals surface area contributed by atoms with E-state index >= 15 is 0 Å². The lowest BCUT2D eigenvalue weighted by molar-refractivity contribution is -0.140. The van der Waals surface area contributed by atoms with Gasteiger partial charge in [-0.15, -0.1) is 0 Å². The standard InChI is InChI=1S/C16H19FN2O2/c17-14-3-1-2-12(10-14)11-15(20)18-6-8-19(9-7-18)16(21)13-4-5-13/h1-3,10,13H,4-9,11H2. The molecule has 0 unspecified atom stereocenters. The SMILES string of the molecule is O=C(Cc1cccc(F)c1)N1CCN(C(=O)C2CC2)CC1. The summed E-state index contributed by atoms with van der Waals surface area (Å²) < 4.78 is 13.1. The van der Waals surface area contributed by atoms with E-state index in [1.165, 1.54) is 12.1 Å². The van der Waals surface area contributed by atoms with E-state index in [-0.39, 0.29) is 30.0 Å². The van der Waals surface area contributed by atoms with Crippen LogP contribution in [0.25, 0.3) is 0 Å². The first-order chi connectivity index (χ1) is 10.1. The van der Waals surface area contributed by atoms with Crippen LogP contribution in [0.5, 0.6) is 0 Å². The molecule has 0 bridgehead atoms. The van der Waals surface area contributed by atoms with Gasteiger partial charge in [0.15, 0.2) is 0 Å². The molecule has 1 aromatic rings. The summed E-state index contributed by atoms with van der Waals surface area (Å²) in [5, 5.41) is 0. The number of hydrogen-bond donors (Lipinski definition) is 0. The van der Waals surface area contributed by atoms with E-state index in [9.17, 15) is 14.0 Å². The molecular weight excluding hydrogens is 271 g/mol. The molecule has 2 fully saturated rings.